The van der Waals surface area contributed by atoms with Gasteiger partial charge in [-0.3, -0.25) is 4.79 Å². The minimum atomic E-state index is -0.688. The molecule has 0 bridgehead atoms. The zero-order valence-corrected chi connectivity index (χ0v) is 13.1. The number of ether oxygens (including phenoxy) is 2. The second-order valence-electron chi connectivity index (χ2n) is 6.13. The van der Waals surface area contributed by atoms with Gasteiger partial charge in [0.25, 0.3) is 0 Å². The number of aliphatic carboxylic acids is 1. The highest BCUT2D eigenvalue weighted by molar-refractivity contribution is 5.74. The average Bonchev–Trinajstić information content (AvgIpc) is 2.43. The summed E-state index contributed by atoms with van der Waals surface area (Å²) in [5, 5.41) is 9.33. The lowest BCUT2D eigenvalue weighted by atomic mass is 9.74. The molecule has 0 radical (unpaired) electrons. The molecular formula is C15H29NO4. The van der Waals surface area contributed by atoms with Crippen LogP contribution in [-0.4, -0.2) is 62.5 Å². The molecule has 0 saturated carbocycles. The predicted octanol–water partition coefficient (Wildman–Crippen LogP) is 1.86. The number of methoxy groups -OCH3 is 1. The van der Waals surface area contributed by atoms with E-state index in [2.05, 4.69) is 4.90 Å². The van der Waals surface area contributed by atoms with Crippen molar-refractivity contribution in [3.05, 3.63) is 0 Å². The number of hydrogen-bond donors (Lipinski definition) is 1. The maximum Gasteiger partial charge on any atom is 0.309 e. The average molecular weight is 287 g/mol. The number of carboxylic acid groups (broad SMARTS) is 1. The summed E-state index contributed by atoms with van der Waals surface area (Å²) in [7, 11) is 1.67. The molecule has 1 heterocycles. The first kappa shape index (κ1) is 17.4. The summed E-state index contributed by atoms with van der Waals surface area (Å²) in [6, 6.07) is 0. The van der Waals surface area contributed by atoms with E-state index in [0.717, 1.165) is 45.5 Å². The molecule has 1 aliphatic rings. The van der Waals surface area contributed by atoms with Gasteiger partial charge in [0, 0.05) is 26.8 Å². The van der Waals surface area contributed by atoms with E-state index in [1.807, 2.05) is 13.8 Å². The number of likely N-dealkylation sites (tertiary alicyclic amines) is 1. The maximum atomic E-state index is 11.3. The van der Waals surface area contributed by atoms with Crippen LogP contribution < -0.4 is 0 Å². The Hall–Kier alpha value is -0.650. The molecule has 118 valence electrons. The molecule has 1 N–H and O–H groups in total. The third-order valence-corrected chi connectivity index (χ3v) is 4.27. The van der Waals surface area contributed by atoms with E-state index in [0.29, 0.717) is 13.2 Å². The van der Waals surface area contributed by atoms with E-state index < -0.39 is 11.4 Å². The normalized spacial score (nSPS) is 21.1. The van der Waals surface area contributed by atoms with Gasteiger partial charge in [-0.05, 0) is 45.6 Å². The Morgan fingerprint density at radius 2 is 2.10 bits per heavy atom. The number of piperidine rings is 1. The molecule has 1 unspecified atom stereocenters. The highest BCUT2D eigenvalue weighted by Crippen LogP contribution is 2.34. The standard InChI is InChI=1S/C15H29NO4/c1-15(2,14(17)18)13-6-4-7-16(12-13)8-5-9-20-11-10-19-3/h13H,4-12H2,1-3H3,(H,17,18). The second-order valence-corrected chi connectivity index (χ2v) is 6.13. The van der Waals surface area contributed by atoms with E-state index in [9.17, 15) is 9.90 Å². The quantitative estimate of drug-likeness (QED) is 0.656. The van der Waals surface area contributed by atoms with Crippen molar-refractivity contribution in [2.24, 2.45) is 11.3 Å². The molecule has 1 fully saturated rings. The number of carboxylic acids is 1. The minimum Gasteiger partial charge on any atom is -0.481 e. The molecule has 1 saturated heterocycles. The van der Waals surface area contributed by atoms with Gasteiger partial charge in [0.2, 0.25) is 0 Å². The van der Waals surface area contributed by atoms with Crippen LogP contribution >= 0.6 is 0 Å². The van der Waals surface area contributed by atoms with Crippen molar-refractivity contribution in [1.29, 1.82) is 0 Å². The van der Waals surface area contributed by atoms with Gasteiger partial charge in [0.1, 0.15) is 0 Å². The smallest absolute Gasteiger partial charge is 0.309 e. The van der Waals surface area contributed by atoms with Crippen LogP contribution in [0.5, 0.6) is 0 Å². The van der Waals surface area contributed by atoms with E-state index in [4.69, 9.17) is 9.47 Å². The third-order valence-electron chi connectivity index (χ3n) is 4.27. The summed E-state index contributed by atoms with van der Waals surface area (Å²) >= 11 is 0. The second kappa shape index (κ2) is 8.60. The molecule has 1 atom stereocenters. The Balaban J connectivity index is 2.26. The van der Waals surface area contributed by atoms with Crippen molar-refractivity contribution >= 4 is 5.97 Å². The van der Waals surface area contributed by atoms with Gasteiger partial charge in [-0.1, -0.05) is 0 Å². The molecule has 0 aromatic rings. The molecule has 1 aliphatic heterocycles. The fraction of sp³-hybridized carbons (Fsp3) is 0.933. The topological polar surface area (TPSA) is 59.0 Å². The monoisotopic (exact) mass is 287 g/mol. The number of rotatable bonds is 9. The summed E-state index contributed by atoms with van der Waals surface area (Å²) in [6.45, 7) is 8.66. The van der Waals surface area contributed by atoms with E-state index in [1.54, 1.807) is 7.11 Å². The van der Waals surface area contributed by atoms with Crippen molar-refractivity contribution < 1.29 is 19.4 Å². The predicted molar refractivity (Wildman–Crippen MR) is 77.9 cm³/mol. The Morgan fingerprint density at radius 1 is 1.35 bits per heavy atom. The summed E-state index contributed by atoms with van der Waals surface area (Å²) < 4.78 is 10.4. The molecule has 0 aromatic carbocycles. The summed E-state index contributed by atoms with van der Waals surface area (Å²) in [5.41, 5.74) is -0.631. The lowest BCUT2D eigenvalue weighted by Crippen LogP contribution is -2.45. The van der Waals surface area contributed by atoms with Crippen molar-refractivity contribution in [2.75, 3.05) is 46.6 Å². The number of hydrogen-bond acceptors (Lipinski definition) is 4. The molecule has 0 aliphatic carbocycles. The zero-order chi connectivity index (χ0) is 15.0. The molecule has 20 heavy (non-hydrogen) atoms. The van der Waals surface area contributed by atoms with Crippen LogP contribution in [0.15, 0.2) is 0 Å². The van der Waals surface area contributed by atoms with Crippen molar-refractivity contribution in [3.63, 3.8) is 0 Å². The van der Waals surface area contributed by atoms with Gasteiger partial charge < -0.3 is 19.5 Å². The van der Waals surface area contributed by atoms with Crippen molar-refractivity contribution in [3.8, 4) is 0 Å². The lowest BCUT2D eigenvalue weighted by molar-refractivity contribution is -0.151. The molecule has 1 rings (SSSR count). The van der Waals surface area contributed by atoms with E-state index >= 15 is 0 Å². The summed E-state index contributed by atoms with van der Waals surface area (Å²) in [6.07, 6.45) is 3.09. The van der Waals surface area contributed by atoms with Gasteiger partial charge >= 0.3 is 5.97 Å². The first-order chi connectivity index (χ1) is 9.48. The fourth-order valence-corrected chi connectivity index (χ4v) is 2.66. The Morgan fingerprint density at radius 3 is 2.75 bits per heavy atom. The Labute approximate surface area is 122 Å². The highest BCUT2D eigenvalue weighted by Gasteiger charge is 2.38. The van der Waals surface area contributed by atoms with Crippen LogP contribution in [-0.2, 0) is 14.3 Å². The van der Waals surface area contributed by atoms with E-state index in [1.165, 1.54) is 0 Å². The summed E-state index contributed by atoms with van der Waals surface area (Å²) in [5.74, 6) is -0.449. The maximum absolute atomic E-state index is 11.3. The Bertz CT molecular complexity index is 294. The molecular weight excluding hydrogens is 258 g/mol. The third kappa shape index (κ3) is 5.38. The van der Waals surface area contributed by atoms with Crippen LogP contribution in [0.1, 0.15) is 33.1 Å². The van der Waals surface area contributed by atoms with Gasteiger partial charge in [-0.2, -0.15) is 0 Å². The first-order valence-electron chi connectivity index (χ1n) is 7.51. The van der Waals surface area contributed by atoms with Crippen LogP contribution in [0.4, 0.5) is 0 Å². The van der Waals surface area contributed by atoms with Gasteiger partial charge in [-0.15, -0.1) is 0 Å². The fourth-order valence-electron chi connectivity index (χ4n) is 2.66. The van der Waals surface area contributed by atoms with Crippen LogP contribution in [0.3, 0.4) is 0 Å². The molecule has 0 aromatic heterocycles. The first-order valence-corrected chi connectivity index (χ1v) is 7.51. The number of nitrogens with zero attached hydrogens (tertiary/aromatic N) is 1. The van der Waals surface area contributed by atoms with Gasteiger partial charge in [0.05, 0.1) is 18.6 Å². The van der Waals surface area contributed by atoms with Crippen LogP contribution in [0.2, 0.25) is 0 Å². The van der Waals surface area contributed by atoms with Gasteiger partial charge in [0.15, 0.2) is 0 Å². The van der Waals surface area contributed by atoms with Crippen molar-refractivity contribution in [1.82, 2.24) is 4.90 Å². The van der Waals surface area contributed by atoms with Crippen LogP contribution in [0.25, 0.3) is 0 Å². The molecule has 5 heteroatoms. The highest BCUT2D eigenvalue weighted by atomic mass is 16.5. The Kier molecular flexibility index (Phi) is 7.48. The number of carbonyl (C=O) groups is 1. The zero-order valence-electron chi connectivity index (χ0n) is 13.1. The van der Waals surface area contributed by atoms with Crippen LogP contribution in [0, 0.1) is 11.3 Å². The molecule has 0 spiro atoms. The largest absolute Gasteiger partial charge is 0.481 e. The SMILES string of the molecule is COCCOCCCN1CCCC(C(C)(C)C(=O)O)C1. The minimum absolute atomic E-state index is 0.239. The summed E-state index contributed by atoms with van der Waals surface area (Å²) in [4.78, 5) is 13.7. The molecule has 5 nitrogen and oxygen atoms in total. The van der Waals surface area contributed by atoms with Gasteiger partial charge in [-0.25, -0.2) is 0 Å². The lowest BCUT2D eigenvalue weighted by Gasteiger charge is -2.39. The van der Waals surface area contributed by atoms with Crippen molar-refractivity contribution in [2.45, 2.75) is 33.1 Å². The van der Waals surface area contributed by atoms with E-state index in [-0.39, 0.29) is 5.92 Å². The molecule has 0 amide bonds.